The number of aromatic nitrogens is 2. The van der Waals surface area contributed by atoms with E-state index in [4.69, 9.17) is 5.11 Å². The van der Waals surface area contributed by atoms with Gasteiger partial charge in [-0.1, -0.05) is 4.49 Å². The van der Waals surface area contributed by atoms with Crippen molar-refractivity contribution in [1.29, 1.82) is 0 Å². The van der Waals surface area contributed by atoms with E-state index in [0.717, 1.165) is 24.4 Å². The maximum absolute atomic E-state index is 11.4. The second-order valence-electron chi connectivity index (χ2n) is 3.00. The summed E-state index contributed by atoms with van der Waals surface area (Å²) < 4.78 is 3.44. The van der Waals surface area contributed by atoms with Gasteiger partial charge in [-0.05, 0) is 24.4 Å². The standard InChI is InChI=1S/C7H7N3O3S/c11-6(8-3-1-2-3)5-4(7(12)13)9-10-14-5/h3H,1-2H2,(H,8,11)(H,12,13). The van der Waals surface area contributed by atoms with E-state index < -0.39 is 5.97 Å². The molecule has 2 N–H and O–H groups in total. The zero-order valence-electron chi connectivity index (χ0n) is 7.06. The van der Waals surface area contributed by atoms with E-state index in [1.165, 1.54) is 0 Å². The lowest BCUT2D eigenvalue weighted by Crippen LogP contribution is -2.26. The molecule has 0 unspecified atom stereocenters. The second-order valence-corrected chi connectivity index (χ2v) is 3.76. The van der Waals surface area contributed by atoms with Crippen LogP contribution in [0.3, 0.4) is 0 Å². The summed E-state index contributed by atoms with van der Waals surface area (Å²) in [6.45, 7) is 0. The molecule has 0 aromatic carbocycles. The van der Waals surface area contributed by atoms with Crippen LogP contribution >= 0.6 is 11.5 Å². The first kappa shape index (κ1) is 9.07. The largest absolute Gasteiger partial charge is 0.476 e. The Labute approximate surface area is 83.1 Å². The molecular weight excluding hydrogens is 206 g/mol. The van der Waals surface area contributed by atoms with Crippen molar-refractivity contribution >= 4 is 23.4 Å². The molecule has 1 saturated carbocycles. The van der Waals surface area contributed by atoms with Gasteiger partial charge in [-0.15, -0.1) is 5.10 Å². The molecule has 0 spiro atoms. The Kier molecular flexibility index (Phi) is 2.16. The molecule has 6 nitrogen and oxygen atoms in total. The number of nitrogens with zero attached hydrogens (tertiary/aromatic N) is 2. The summed E-state index contributed by atoms with van der Waals surface area (Å²) in [5, 5.41) is 14.7. The van der Waals surface area contributed by atoms with Crippen LogP contribution < -0.4 is 5.32 Å². The number of amides is 1. The molecular formula is C7H7N3O3S. The third kappa shape index (κ3) is 1.72. The molecule has 1 aliphatic rings. The molecule has 1 heterocycles. The SMILES string of the molecule is O=C(O)c1nnsc1C(=O)NC1CC1. The molecule has 1 aliphatic carbocycles. The Bertz CT molecular complexity index is 385. The van der Waals surface area contributed by atoms with Gasteiger partial charge in [0.1, 0.15) is 4.88 Å². The zero-order chi connectivity index (χ0) is 10.1. The second kappa shape index (κ2) is 3.33. The first-order valence-electron chi connectivity index (χ1n) is 4.05. The lowest BCUT2D eigenvalue weighted by molar-refractivity contribution is 0.0685. The third-order valence-corrected chi connectivity index (χ3v) is 2.53. The molecule has 0 atom stereocenters. The van der Waals surface area contributed by atoms with Crippen LogP contribution in [0.25, 0.3) is 0 Å². The molecule has 0 saturated heterocycles. The highest BCUT2D eigenvalue weighted by molar-refractivity contribution is 7.08. The molecule has 0 radical (unpaired) electrons. The van der Waals surface area contributed by atoms with Crippen LogP contribution in [0.1, 0.15) is 33.0 Å². The van der Waals surface area contributed by atoms with E-state index >= 15 is 0 Å². The molecule has 14 heavy (non-hydrogen) atoms. The van der Waals surface area contributed by atoms with Crippen LogP contribution in [0.4, 0.5) is 0 Å². The summed E-state index contributed by atoms with van der Waals surface area (Å²) >= 11 is 0.802. The van der Waals surface area contributed by atoms with Gasteiger partial charge in [0.2, 0.25) is 0 Å². The van der Waals surface area contributed by atoms with Crippen LogP contribution in [-0.2, 0) is 0 Å². The lowest BCUT2D eigenvalue weighted by Gasteiger charge is -1.99. The molecule has 2 rings (SSSR count). The van der Waals surface area contributed by atoms with Gasteiger partial charge in [-0.3, -0.25) is 4.79 Å². The van der Waals surface area contributed by atoms with Crippen LogP contribution in [-0.4, -0.2) is 32.6 Å². The predicted octanol–water partition coefficient (Wildman–Crippen LogP) is 0.128. The average molecular weight is 213 g/mol. The Morgan fingerprint density at radius 2 is 2.21 bits per heavy atom. The van der Waals surface area contributed by atoms with Crippen molar-refractivity contribution in [2.75, 3.05) is 0 Å². The zero-order valence-corrected chi connectivity index (χ0v) is 7.87. The number of nitrogens with one attached hydrogen (secondary N) is 1. The van der Waals surface area contributed by atoms with Crippen LogP contribution in [0, 0.1) is 0 Å². The quantitative estimate of drug-likeness (QED) is 0.744. The monoisotopic (exact) mass is 213 g/mol. The van der Waals surface area contributed by atoms with E-state index in [2.05, 4.69) is 14.9 Å². The number of carbonyl (C=O) groups excluding carboxylic acids is 1. The highest BCUT2D eigenvalue weighted by Crippen LogP contribution is 2.20. The van der Waals surface area contributed by atoms with E-state index in [9.17, 15) is 9.59 Å². The highest BCUT2D eigenvalue weighted by atomic mass is 32.1. The van der Waals surface area contributed by atoms with Gasteiger partial charge < -0.3 is 10.4 Å². The fourth-order valence-electron chi connectivity index (χ4n) is 0.958. The van der Waals surface area contributed by atoms with E-state index in [1.54, 1.807) is 0 Å². The van der Waals surface area contributed by atoms with Crippen molar-refractivity contribution in [2.45, 2.75) is 18.9 Å². The number of carboxylic acid groups (broad SMARTS) is 1. The smallest absolute Gasteiger partial charge is 0.358 e. The highest BCUT2D eigenvalue weighted by Gasteiger charge is 2.28. The van der Waals surface area contributed by atoms with Crippen molar-refractivity contribution in [3.05, 3.63) is 10.6 Å². The summed E-state index contributed by atoms with van der Waals surface area (Å²) in [6, 6.07) is 0.200. The number of carboxylic acids is 1. The van der Waals surface area contributed by atoms with Crippen molar-refractivity contribution in [2.24, 2.45) is 0 Å². The number of rotatable bonds is 3. The summed E-state index contributed by atoms with van der Waals surface area (Å²) in [5.41, 5.74) is -0.270. The molecule has 1 fully saturated rings. The third-order valence-electron chi connectivity index (χ3n) is 1.81. The van der Waals surface area contributed by atoms with Crippen molar-refractivity contribution < 1.29 is 14.7 Å². The number of hydrogen-bond donors (Lipinski definition) is 2. The average Bonchev–Trinajstić information content (AvgIpc) is 2.81. The Morgan fingerprint density at radius 3 is 2.79 bits per heavy atom. The van der Waals surface area contributed by atoms with Crippen LogP contribution in [0.15, 0.2) is 0 Å². The lowest BCUT2D eigenvalue weighted by atomic mass is 10.3. The number of hydrogen-bond acceptors (Lipinski definition) is 5. The molecule has 1 amide bonds. The Balaban J connectivity index is 2.17. The first-order chi connectivity index (χ1) is 6.68. The fraction of sp³-hybridized carbons (Fsp3) is 0.429. The summed E-state index contributed by atoms with van der Waals surface area (Å²) in [5.74, 6) is -1.61. The van der Waals surface area contributed by atoms with Crippen molar-refractivity contribution in [3.63, 3.8) is 0 Å². The van der Waals surface area contributed by atoms with Crippen LogP contribution in [0.5, 0.6) is 0 Å². The molecule has 74 valence electrons. The Morgan fingerprint density at radius 1 is 1.50 bits per heavy atom. The van der Waals surface area contributed by atoms with Gasteiger partial charge >= 0.3 is 5.97 Å². The maximum atomic E-state index is 11.4. The molecule has 0 aliphatic heterocycles. The van der Waals surface area contributed by atoms with Gasteiger partial charge in [-0.25, -0.2) is 4.79 Å². The van der Waals surface area contributed by atoms with E-state index in [-0.39, 0.29) is 22.5 Å². The van der Waals surface area contributed by atoms with E-state index in [0.29, 0.717) is 0 Å². The molecule has 1 aromatic heterocycles. The number of carbonyl (C=O) groups is 2. The first-order valence-corrected chi connectivity index (χ1v) is 4.82. The van der Waals surface area contributed by atoms with E-state index in [1.807, 2.05) is 0 Å². The molecule has 7 heteroatoms. The number of aromatic carboxylic acids is 1. The molecule has 1 aromatic rings. The van der Waals surface area contributed by atoms with Gasteiger partial charge in [0.05, 0.1) is 0 Å². The van der Waals surface area contributed by atoms with Crippen molar-refractivity contribution in [1.82, 2.24) is 14.9 Å². The minimum Gasteiger partial charge on any atom is -0.476 e. The topological polar surface area (TPSA) is 92.2 Å². The van der Waals surface area contributed by atoms with Gasteiger partial charge in [0.15, 0.2) is 5.69 Å². The summed E-state index contributed by atoms with van der Waals surface area (Å²) in [6.07, 6.45) is 1.92. The van der Waals surface area contributed by atoms with Gasteiger partial charge in [0, 0.05) is 6.04 Å². The summed E-state index contributed by atoms with van der Waals surface area (Å²) in [7, 11) is 0. The van der Waals surface area contributed by atoms with Crippen LogP contribution in [0.2, 0.25) is 0 Å². The summed E-state index contributed by atoms with van der Waals surface area (Å²) in [4.78, 5) is 22.1. The normalized spacial score (nSPS) is 15.1. The minimum absolute atomic E-state index is 0.0735. The van der Waals surface area contributed by atoms with Crippen molar-refractivity contribution in [3.8, 4) is 0 Å². The molecule has 0 bridgehead atoms. The Hall–Kier alpha value is -1.50. The fourth-order valence-corrected chi connectivity index (χ4v) is 1.52. The van der Waals surface area contributed by atoms with Gasteiger partial charge in [0.25, 0.3) is 5.91 Å². The minimum atomic E-state index is -1.22. The predicted molar refractivity (Wildman–Crippen MR) is 47.4 cm³/mol. The van der Waals surface area contributed by atoms with Gasteiger partial charge in [-0.2, -0.15) is 0 Å². The maximum Gasteiger partial charge on any atom is 0.358 e.